The number of hydrogen-bond donors (Lipinski definition) is 2. The van der Waals surface area contributed by atoms with Gasteiger partial charge in [0.2, 0.25) is 0 Å². The molecular weight excluding hydrogens is 270 g/mol. The molecule has 16 heavy (non-hydrogen) atoms. The highest BCUT2D eigenvalue weighted by Crippen LogP contribution is 2.25. The van der Waals surface area contributed by atoms with Crippen molar-refractivity contribution in [3.05, 3.63) is 33.8 Å². The van der Waals surface area contributed by atoms with Crippen LogP contribution in [0.3, 0.4) is 0 Å². The van der Waals surface area contributed by atoms with Crippen LogP contribution in [0.25, 0.3) is 0 Å². The summed E-state index contributed by atoms with van der Waals surface area (Å²) in [5, 5.41) is 8.70. The van der Waals surface area contributed by atoms with E-state index in [0.717, 1.165) is 15.6 Å². The molecule has 0 fully saturated rings. The molecule has 3 nitrogen and oxygen atoms in total. The summed E-state index contributed by atoms with van der Waals surface area (Å²) in [5.74, 6) is -0.480. The second-order valence-corrected chi connectivity index (χ2v) is 5.09. The summed E-state index contributed by atoms with van der Waals surface area (Å²) < 4.78 is 0.939. The fraction of sp³-hybridized carbons (Fsp3) is 0.417. The van der Waals surface area contributed by atoms with Crippen molar-refractivity contribution < 1.29 is 9.90 Å². The molecule has 1 aromatic carbocycles. The smallest absolute Gasteiger partial charge is 0.305 e. The first-order valence-electron chi connectivity index (χ1n) is 5.18. The third kappa shape index (κ3) is 3.61. The Morgan fingerprint density at radius 2 is 1.94 bits per heavy atom. The van der Waals surface area contributed by atoms with E-state index in [2.05, 4.69) is 29.8 Å². The van der Waals surface area contributed by atoms with Gasteiger partial charge in [-0.25, -0.2) is 0 Å². The van der Waals surface area contributed by atoms with Crippen LogP contribution in [0.4, 0.5) is 0 Å². The lowest BCUT2D eigenvalue weighted by Gasteiger charge is -2.14. The molecule has 0 spiro atoms. The Balaban J connectivity index is 2.99. The maximum absolute atomic E-state index is 10.6. The van der Waals surface area contributed by atoms with Crippen LogP contribution in [0.15, 0.2) is 22.7 Å². The Hall–Kier alpha value is -0.870. The van der Waals surface area contributed by atoms with E-state index >= 15 is 0 Å². The Bertz CT molecular complexity index is 391. The summed E-state index contributed by atoms with van der Waals surface area (Å²) in [6.45, 7) is 4.18. The van der Waals surface area contributed by atoms with Crippen LogP contribution in [0.1, 0.15) is 43.4 Å². The standard InChI is InChI=1S/C12H16BrNO2/c1-7(2)8-3-9(5-10(13)4-8)11(14)6-12(15)16/h3-5,7,11H,6,14H2,1-2H3,(H,15,16). The summed E-state index contributed by atoms with van der Waals surface area (Å²) in [7, 11) is 0. The van der Waals surface area contributed by atoms with Gasteiger partial charge >= 0.3 is 5.97 Å². The van der Waals surface area contributed by atoms with E-state index in [1.807, 2.05) is 18.2 Å². The van der Waals surface area contributed by atoms with E-state index in [1.54, 1.807) is 0 Å². The van der Waals surface area contributed by atoms with Crippen molar-refractivity contribution in [3.8, 4) is 0 Å². The van der Waals surface area contributed by atoms with Gasteiger partial charge in [0.05, 0.1) is 6.42 Å². The van der Waals surface area contributed by atoms with Gasteiger partial charge in [-0.15, -0.1) is 0 Å². The fourth-order valence-corrected chi connectivity index (χ4v) is 2.02. The molecular formula is C12H16BrNO2. The SMILES string of the molecule is CC(C)c1cc(Br)cc(C(N)CC(=O)O)c1. The number of aliphatic carboxylic acids is 1. The number of halogens is 1. The van der Waals surface area contributed by atoms with Crippen LogP contribution in [0.2, 0.25) is 0 Å². The lowest BCUT2D eigenvalue weighted by atomic mass is 9.97. The molecule has 0 aliphatic heterocycles. The van der Waals surface area contributed by atoms with Crippen molar-refractivity contribution in [2.24, 2.45) is 5.73 Å². The number of nitrogens with two attached hydrogens (primary N) is 1. The van der Waals surface area contributed by atoms with Gasteiger partial charge in [0.1, 0.15) is 0 Å². The van der Waals surface area contributed by atoms with Crippen molar-refractivity contribution in [2.75, 3.05) is 0 Å². The molecule has 0 saturated carbocycles. The molecule has 0 radical (unpaired) electrons. The number of carboxylic acid groups (broad SMARTS) is 1. The van der Waals surface area contributed by atoms with Crippen molar-refractivity contribution in [1.82, 2.24) is 0 Å². The number of carboxylic acids is 1. The minimum atomic E-state index is -0.876. The highest BCUT2D eigenvalue weighted by molar-refractivity contribution is 9.10. The van der Waals surface area contributed by atoms with Gasteiger partial charge in [-0.2, -0.15) is 0 Å². The summed E-state index contributed by atoms with van der Waals surface area (Å²) in [5.41, 5.74) is 7.85. The van der Waals surface area contributed by atoms with E-state index < -0.39 is 12.0 Å². The zero-order valence-corrected chi connectivity index (χ0v) is 11.0. The topological polar surface area (TPSA) is 63.3 Å². The minimum Gasteiger partial charge on any atom is -0.481 e. The molecule has 1 rings (SSSR count). The van der Waals surface area contributed by atoms with E-state index in [1.165, 1.54) is 0 Å². The normalized spacial score (nSPS) is 12.8. The first kappa shape index (κ1) is 13.2. The number of benzene rings is 1. The van der Waals surface area contributed by atoms with Gasteiger partial charge in [0.25, 0.3) is 0 Å². The number of carbonyl (C=O) groups is 1. The predicted molar refractivity (Wildman–Crippen MR) is 67.4 cm³/mol. The Morgan fingerprint density at radius 1 is 1.38 bits per heavy atom. The van der Waals surface area contributed by atoms with Gasteiger partial charge in [-0.05, 0) is 29.2 Å². The molecule has 1 aromatic rings. The van der Waals surface area contributed by atoms with Crippen molar-refractivity contribution in [3.63, 3.8) is 0 Å². The van der Waals surface area contributed by atoms with Crippen molar-refractivity contribution in [2.45, 2.75) is 32.2 Å². The molecule has 0 bridgehead atoms. The maximum atomic E-state index is 10.6. The van der Waals surface area contributed by atoms with Gasteiger partial charge in [-0.3, -0.25) is 4.79 Å². The third-order valence-corrected chi connectivity index (χ3v) is 2.89. The van der Waals surface area contributed by atoms with E-state index in [-0.39, 0.29) is 6.42 Å². The molecule has 4 heteroatoms. The van der Waals surface area contributed by atoms with Crippen LogP contribution in [-0.4, -0.2) is 11.1 Å². The predicted octanol–water partition coefficient (Wildman–Crippen LogP) is 3.05. The molecule has 1 atom stereocenters. The highest BCUT2D eigenvalue weighted by atomic mass is 79.9. The highest BCUT2D eigenvalue weighted by Gasteiger charge is 2.12. The van der Waals surface area contributed by atoms with Gasteiger partial charge in [0.15, 0.2) is 0 Å². The molecule has 0 heterocycles. The van der Waals surface area contributed by atoms with E-state index in [0.29, 0.717) is 5.92 Å². The van der Waals surface area contributed by atoms with Crippen LogP contribution < -0.4 is 5.73 Å². The van der Waals surface area contributed by atoms with E-state index in [9.17, 15) is 4.79 Å². The van der Waals surface area contributed by atoms with Gasteiger partial charge in [0, 0.05) is 10.5 Å². The number of rotatable bonds is 4. The fourth-order valence-electron chi connectivity index (χ4n) is 1.49. The monoisotopic (exact) mass is 285 g/mol. The summed E-state index contributed by atoms with van der Waals surface area (Å²) >= 11 is 3.41. The van der Waals surface area contributed by atoms with Crippen molar-refractivity contribution >= 4 is 21.9 Å². The van der Waals surface area contributed by atoms with Gasteiger partial charge < -0.3 is 10.8 Å². The molecule has 0 saturated heterocycles. The zero-order valence-electron chi connectivity index (χ0n) is 9.40. The second-order valence-electron chi connectivity index (χ2n) is 4.18. The van der Waals surface area contributed by atoms with Crippen LogP contribution >= 0.6 is 15.9 Å². The average Bonchev–Trinajstić information content (AvgIpc) is 2.15. The third-order valence-electron chi connectivity index (χ3n) is 2.43. The zero-order chi connectivity index (χ0) is 12.3. The summed E-state index contributed by atoms with van der Waals surface area (Å²) in [6.07, 6.45) is -0.0476. The Morgan fingerprint density at radius 3 is 2.44 bits per heavy atom. The first-order valence-corrected chi connectivity index (χ1v) is 5.97. The van der Waals surface area contributed by atoms with Crippen LogP contribution in [0.5, 0.6) is 0 Å². The Kier molecular flexibility index (Phi) is 4.50. The summed E-state index contributed by atoms with van der Waals surface area (Å²) in [4.78, 5) is 10.6. The maximum Gasteiger partial charge on any atom is 0.305 e. The lowest BCUT2D eigenvalue weighted by Crippen LogP contribution is -2.15. The molecule has 0 aliphatic carbocycles. The van der Waals surface area contributed by atoms with Crippen LogP contribution in [0, 0.1) is 0 Å². The lowest BCUT2D eigenvalue weighted by molar-refractivity contribution is -0.137. The quantitative estimate of drug-likeness (QED) is 0.894. The van der Waals surface area contributed by atoms with Crippen LogP contribution in [-0.2, 0) is 4.79 Å². The number of hydrogen-bond acceptors (Lipinski definition) is 2. The molecule has 3 N–H and O–H groups in total. The second kappa shape index (κ2) is 5.46. The molecule has 0 aliphatic rings. The molecule has 0 aromatic heterocycles. The average molecular weight is 286 g/mol. The largest absolute Gasteiger partial charge is 0.481 e. The molecule has 0 amide bonds. The van der Waals surface area contributed by atoms with Gasteiger partial charge in [-0.1, -0.05) is 35.8 Å². The van der Waals surface area contributed by atoms with Crippen molar-refractivity contribution in [1.29, 1.82) is 0 Å². The van der Waals surface area contributed by atoms with E-state index in [4.69, 9.17) is 10.8 Å². The minimum absolute atomic E-state index is 0.0476. The molecule has 1 unspecified atom stereocenters. The summed E-state index contributed by atoms with van der Waals surface area (Å²) in [6, 6.07) is 5.43. The Labute approximate surface area is 104 Å². The molecule has 88 valence electrons. The first-order chi connectivity index (χ1) is 7.40.